The highest BCUT2D eigenvalue weighted by Gasteiger charge is 2.34. The van der Waals surface area contributed by atoms with E-state index in [1.54, 1.807) is 0 Å². The van der Waals surface area contributed by atoms with Crippen LogP contribution in [0.4, 0.5) is 13.2 Å². The van der Waals surface area contributed by atoms with Crippen molar-refractivity contribution in [3.05, 3.63) is 35.4 Å². The fourth-order valence-corrected chi connectivity index (χ4v) is 3.97. The molecule has 2 saturated heterocycles. The zero-order chi connectivity index (χ0) is 21.6. The lowest BCUT2D eigenvalue weighted by Gasteiger charge is -2.20. The van der Waals surface area contributed by atoms with Crippen molar-refractivity contribution in [2.24, 2.45) is 4.99 Å². The van der Waals surface area contributed by atoms with E-state index in [9.17, 15) is 18.0 Å². The molecule has 174 valence electrons. The van der Waals surface area contributed by atoms with E-state index in [4.69, 9.17) is 0 Å². The van der Waals surface area contributed by atoms with Gasteiger partial charge in [-0.25, -0.2) is 4.99 Å². The van der Waals surface area contributed by atoms with Gasteiger partial charge in [0.15, 0.2) is 5.96 Å². The lowest BCUT2D eigenvalue weighted by atomic mass is 10.1. The maximum Gasteiger partial charge on any atom is 0.401 e. The minimum atomic E-state index is -4.17. The topological polar surface area (TPSA) is 60.0 Å². The van der Waals surface area contributed by atoms with E-state index in [1.807, 2.05) is 36.1 Å². The molecule has 2 aliphatic rings. The average molecular weight is 553 g/mol. The summed E-state index contributed by atoms with van der Waals surface area (Å²) in [7, 11) is 0. The summed E-state index contributed by atoms with van der Waals surface area (Å²) in [4.78, 5) is 19.9. The Kier molecular flexibility index (Phi) is 9.86. The standard InChI is InChI=1S/C21H30F3N5O.HI/c1-2-25-20(27-18-9-11-28(14-18)15-21(22,23)24)26-12-16-6-3-4-7-17(16)13-29-10-5-8-19(29)30;/h3-4,6-7,18H,2,5,8-15H2,1H3,(H2,25,26,27);1H. The second kappa shape index (κ2) is 11.9. The highest BCUT2D eigenvalue weighted by Crippen LogP contribution is 2.20. The minimum absolute atomic E-state index is 0. The van der Waals surface area contributed by atoms with E-state index in [0.29, 0.717) is 51.5 Å². The lowest BCUT2D eigenvalue weighted by Crippen LogP contribution is -2.45. The molecule has 1 aromatic carbocycles. The van der Waals surface area contributed by atoms with E-state index < -0.39 is 12.7 Å². The van der Waals surface area contributed by atoms with Crippen LogP contribution in [0.3, 0.4) is 0 Å². The van der Waals surface area contributed by atoms with Crippen LogP contribution in [0, 0.1) is 0 Å². The molecular weight excluding hydrogens is 522 g/mol. The van der Waals surface area contributed by atoms with Gasteiger partial charge in [-0.1, -0.05) is 24.3 Å². The van der Waals surface area contributed by atoms with Crippen LogP contribution in [0.25, 0.3) is 0 Å². The van der Waals surface area contributed by atoms with Crippen molar-refractivity contribution >= 4 is 35.8 Å². The predicted octanol–water partition coefficient (Wildman–Crippen LogP) is 3.12. The van der Waals surface area contributed by atoms with Crippen molar-refractivity contribution in [1.82, 2.24) is 20.4 Å². The van der Waals surface area contributed by atoms with Crippen molar-refractivity contribution in [1.29, 1.82) is 0 Å². The molecule has 0 saturated carbocycles. The number of hydrogen-bond donors (Lipinski definition) is 2. The van der Waals surface area contributed by atoms with Crippen molar-refractivity contribution in [2.45, 2.75) is 51.5 Å². The zero-order valence-corrected chi connectivity index (χ0v) is 20.1. The third kappa shape index (κ3) is 8.13. The molecule has 1 atom stereocenters. The first-order valence-electron chi connectivity index (χ1n) is 10.5. The van der Waals surface area contributed by atoms with Crippen LogP contribution in [-0.4, -0.2) is 66.6 Å². The Balaban J connectivity index is 0.00000341. The third-order valence-corrected chi connectivity index (χ3v) is 5.42. The van der Waals surface area contributed by atoms with Gasteiger partial charge < -0.3 is 15.5 Å². The Morgan fingerprint density at radius 3 is 2.61 bits per heavy atom. The molecule has 3 rings (SSSR count). The van der Waals surface area contributed by atoms with E-state index in [-0.39, 0.29) is 35.9 Å². The molecule has 0 aliphatic carbocycles. The smallest absolute Gasteiger partial charge is 0.357 e. The summed E-state index contributed by atoms with van der Waals surface area (Å²) < 4.78 is 37.8. The molecule has 2 heterocycles. The van der Waals surface area contributed by atoms with Crippen LogP contribution in [0.1, 0.15) is 37.3 Å². The van der Waals surface area contributed by atoms with E-state index in [1.165, 1.54) is 4.90 Å². The number of hydrogen-bond acceptors (Lipinski definition) is 3. The molecule has 0 aromatic heterocycles. The summed E-state index contributed by atoms with van der Waals surface area (Å²) in [6.45, 7) is 4.32. The SMILES string of the molecule is CCNC(=NCc1ccccc1CN1CCCC1=O)NC1CCN(CC(F)(F)F)C1.I. The first-order chi connectivity index (χ1) is 14.3. The molecule has 1 amide bonds. The van der Waals surface area contributed by atoms with Gasteiger partial charge in [-0.15, -0.1) is 24.0 Å². The maximum absolute atomic E-state index is 12.6. The summed E-state index contributed by atoms with van der Waals surface area (Å²) in [6, 6.07) is 7.86. The third-order valence-electron chi connectivity index (χ3n) is 5.42. The number of carbonyl (C=O) groups is 1. The van der Waals surface area contributed by atoms with Gasteiger partial charge in [-0.3, -0.25) is 9.69 Å². The number of alkyl halides is 3. The highest BCUT2D eigenvalue weighted by atomic mass is 127. The van der Waals surface area contributed by atoms with Crippen molar-refractivity contribution in [3.8, 4) is 0 Å². The Labute approximate surface area is 198 Å². The number of aliphatic imine (C=N–C) groups is 1. The monoisotopic (exact) mass is 553 g/mol. The molecule has 2 N–H and O–H groups in total. The number of rotatable bonds is 7. The van der Waals surface area contributed by atoms with Gasteiger partial charge in [0.25, 0.3) is 0 Å². The maximum atomic E-state index is 12.6. The number of amides is 1. The average Bonchev–Trinajstić information content (AvgIpc) is 3.28. The second-order valence-electron chi connectivity index (χ2n) is 7.86. The lowest BCUT2D eigenvalue weighted by molar-refractivity contribution is -0.143. The summed E-state index contributed by atoms with van der Waals surface area (Å²) in [5.74, 6) is 0.788. The normalized spacial score (nSPS) is 20.1. The molecule has 6 nitrogen and oxygen atoms in total. The molecule has 0 bridgehead atoms. The molecule has 31 heavy (non-hydrogen) atoms. The van der Waals surface area contributed by atoms with E-state index in [2.05, 4.69) is 15.6 Å². The summed E-state index contributed by atoms with van der Waals surface area (Å²) in [6.07, 6.45) is -2.01. The van der Waals surface area contributed by atoms with Gasteiger partial charge in [0.05, 0.1) is 13.1 Å². The number of nitrogens with one attached hydrogen (secondary N) is 2. The Hall–Kier alpha value is -1.56. The largest absolute Gasteiger partial charge is 0.401 e. The van der Waals surface area contributed by atoms with Crippen LogP contribution in [0.2, 0.25) is 0 Å². The molecule has 1 aromatic rings. The number of halogens is 4. The highest BCUT2D eigenvalue weighted by molar-refractivity contribution is 14.0. The summed E-state index contributed by atoms with van der Waals surface area (Å²) >= 11 is 0. The zero-order valence-electron chi connectivity index (χ0n) is 17.7. The Bertz CT molecular complexity index is 759. The Morgan fingerprint density at radius 1 is 1.23 bits per heavy atom. The molecule has 2 fully saturated rings. The Morgan fingerprint density at radius 2 is 1.97 bits per heavy atom. The summed E-state index contributed by atoms with van der Waals surface area (Å²) in [5.41, 5.74) is 2.11. The van der Waals surface area contributed by atoms with Gasteiger partial charge >= 0.3 is 6.18 Å². The number of likely N-dealkylation sites (tertiary alicyclic amines) is 2. The number of benzene rings is 1. The van der Waals surface area contributed by atoms with Gasteiger partial charge in [-0.05, 0) is 30.9 Å². The van der Waals surface area contributed by atoms with Crippen molar-refractivity contribution < 1.29 is 18.0 Å². The van der Waals surface area contributed by atoms with Crippen LogP contribution >= 0.6 is 24.0 Å². The van der Waals surface area contributed by atoms with Gasteiger partial charge in [-0.2, -0.15) is 13.2 Å². The number of carbonyl (C=O) groups excluding carboxylic acids is 1. The second-order valence-corrected chi connectivity index (χ2v) is 7.86. The molecular formula is C21H31F3IN5O. The fourth-order valence-electron chi connectivity index (χ4n) is 3.97. The van der Waals surface area contributed by atoms with Crippen LogP contribution < -0.4 is 10.6 Å². The summed E-state index contributed by atoms with van der Waals surface area (Å²) in [5, 5.41) is 6.44. The molecule has 2 aliphatic heterocycles. The van der Waals surface area contributed by atoms with Crippen molar-refractivity contribution in [2.75, 3.05) is 32.7 Å². The van der Waals surface area contributed by atoms with Gasteiger partial charge in [0, 0.05) is 45.2 Å². The quantitative estimate of drug-likeness (QED) is 0.310. The van der Waals surface area contributed by atoms with Gasteiger partial charge in [0.1, 0.15) is 0 Å². The molecule has 0 spiro atoms. The van der Waals surface area contributed by atoms with Crippen LogP contribution in [0.15, 0.2) is 29.3 Å². The first-order valence-corrected chi connectivity index (χ1v) is 10.5. The fraction of sp³-hybridized carbons (Fsp3) is 0.619. The van der Waals surface area contributed by atoms with Gasteiger partial charge in [0.2, 0.25) is 5.91 Å². The van der Waals surface area contributed by atoms with Crippen molar-refractivity contribution in [3.63, 3.8) is 0 Å². The predicted molar refractivity (Wildman–Crippen MR) is 125 cm³/mol. The minimum Gasteiger partial charge on any atom is -0.357 e. The number of guanidine groups is 1. The van der Waals surface area contributed by atoms with Crippen LogP contribution in [-0.2, 0) is 17.9 Å². The molecule has 0 radical (unpaired) electrons. The van der Waals surface area contributed by atoms with E-state index >= 15 is 0 Å². The number of nitrogens with zero attached hydrogens (tertiary/aromatic N) is 3. The van der Waals surface area contributed by atoms with Crippen LogP contribution in [0.5, 0.6) is 0 Å². The molecule has 1 unspecified atom stereocenters. The molecule has 10 heteroatoms. The first kappa shape index (κ1) is 25.7. The van der Waals surface area contributed by atoms with E-state index in [0.717, 1.165) is 24.1 Å².